The Morgan fingerprint density at radius 3 is 3.00 bits per heavy atom. The Labute approximate surface area is 101 Å². The second-order valence-electron chi connectivity index (χ2n) is 4.65. The van der Waals surface area contributed by atoms with E-state index >= 15 is 0 Å². The molecule has 0 heterocycles. The van der Waals surface area contributed by atoms with E-state index in [1.165, 1.54) is 12.0 Å². The number of allylic oxidation sites excluding steroid dienone is 2. The molecule has 0 spiro atoms. The zero-order chi connectivity index (χ0) is 9.92. The van der Waals surface area contributed by atoms with Crippen molar-refractivity contribution in [3.05, 3.63) is 11.6 Å². The lowest BCUT2D eigenvalue weighted by molar-refractivity contribution is -0.121. The average molecular weight is 320 g/mol. The summed E-state index contributed by atoms with van der Waals surface area (Å²) in [6.07, 6.45) is 6.68. The van der Waals surface area contributed by atoms with Gasteiger partial charge in [-0.2, -0.15) is 0 Å². The molecule has 3 heteroatoms. The third kappa shape index (κ3) is 1.03. The molecule has 0 aromatic heterocycles. The Kier molecular flexibility index (Phi) is 2.01. The highest BCUT2D eigenvalue weighted by molar-refractivity contribution is 9.11. The standard InChI is InChI=1S/C11H12Br2O/c12-8-2-1-6-5-7-3-4-11(13,9(6)7)10(8)14/h5,7-9H,1-4H2/t7-,8?,9+,11+/m1/s1. The zero-order valence-electron chi connectivity index (χ0n) is 7.80. The summed E-state index contributed by atoms with van der Waals surface area (Å²) >= 11 is 7.24. The van der Waals surface area contributed by atoms with Gasteiger partial charge in [-0.15, -0.1) is 0 Å². The number of hydrogen-bond acceptors (Lipinski definition) is 1. The molecule has 0 aromatic carbocycles. The van der Waals surface area contributed by atoms with Crippen LogP contribution in [0.15, 0.2) is 11.6 Å². The molecule has 0 bridgehead atoms. The van der Waals surface area contributed by atoms with Crippen LogP contribution in [0.3, 0.4) is 0 Å². The molecule has 14 heavy (non-hydrogen) atoms. The van der Waals surface area contributed by atoms with Gasteiger partial charge in [0.2, 0.25) is 0 Å². The van der Waals surface area contributed by atoms with E-state index in [9.17, 15) is 4.79 Å². The van der Waals surface area contributed by atoms with Gasteiger partial charge in [0.1, 0.15) is 0 Å². The molecular weight excluding hydrogens is 308 g/mol. The third-order valence-corrected chi connectivity index (χ3v) is 6.13. The minimum absolute atomic E-state index is 0.0622. The molecule has 0 amide bonds. The molecule has 0 aromatic rings. The van der Waals surface area contributed by atoms with Crippen LogP contribution >= 0.6 is 31.9 Å². The van der Waals surface area contributed by atoms with Crippen molar-refractivity contribution in [2.24, 2.45) is 11.8 Å². The Balaban J connectivity index is 2.05. The number of halogens is 2. The monoisotopic (exact) mass is 318 g/mol. The van der Waals surface area contributed by atoms with E-state index in [0.29, 0.717) is 17.6 Å². The highest BCUT2D eigenvalue weighted by Crippen LogP contribution is 2.59. The van der Waals surface area contributed by atoms with Crippen LogP contribution < -0.4 is 0 Å². The zero-order valence-corrected chi connectivity index (χ0v) is 11.0. The number of Topliss-reactive ketones (excluding diaryl/α,β-unsaturated/α-hetero) is 1. The number of alkyl halides is 2. The van der Waals surface area contributed by atoms with Crippen molar-refractivity contribution in [1.82, 2.24) is 0 Å². The number of carbonyl (C=O) groups is 1. The molecule has 2 saturated carbocycles. The highest BCUT2D eigenvalue weighted by atomic mass is 79.9. The summed E-state index contributed by atoms with van der Waals surface area (Å²) in [5.74, 6) is 1.59. The average Bonchev–Trinajstić information content (AvgIpc) is 2.34. The number of rotatable bonds is 0. The summed E-state index contributed by atoms with van der Waals surface area (Å²) < 4.78 is -0.216. The Hall–Kier alpha value is 0.370. The van der Waals surface area contributed by atoms with Gasteiger partial charge in [-0.25, -0.2) is 0 Å². The molecule has 0 saturated heterocycles. The van der Waals surface area contributed by atoms with Crippen LogP contribution in [-0.4, -0.2) is 14.9 Å². The lowest BCUT2D eigenvalue weighted by atomic mass is 9.72. The van der Waals surface area contributed by atoms with Crippen LogP contribution in [0.4, 0.5) is 0 Å². The summed E-state index contributed by atoms with van der Waals surface area (Å²) in [5.41, 5.74) is 1.53. The van der Waals surface area contributed by atoms with Crippen molar-refractivity contribution in [3.8, 4) is 0 Å². The Bertz CT molecular complexity index is 336. The van der Waals surface area contributed by atoms with Crippen molar-refractivity contribution < 1.29 is 4.79 Å². The fourth-order valence-corrected chi connectivity index (χ4v) is 5.33. The van der Waals surface area contributed by atoms with E-state index in [1.807, 2.05) is 0 Å². The molecular formula is C11H12Br2O. The largest absolute Gasteiger partial charge is 0.297 e. The van der Waals surface area contributed by atoms with E-state index in [0.717, 1.165) is 19.3 Å². The first-order valence-electron chi connectivity index (χ1n) is 5.21. The first-order chi connectivity index (χ1) is 6.63. The fraction of sp³-hybridized carbons (Fsp3) is 0.727. The van der Waals surface area contributed by atoms with Crippen LogP contribution in [-0.2, 0) is 4.79 Å². The number of hydrogen-bond donors (Lipinski definition) is 0. The Morgan fingerprint density at radius 2 is 2.21 bits per heavy atom. The molecule has 0 radical (unpaired) electrons. The normalized spacial score (nSPS) is 50.6. The lowest BCUT2D eigenvalue weighted by Gasteiger charge is -2.37. The molecule has 76 valence electrons. The van der Waals surface area contributed by atoms with Crippen molar-refractivity contribution in [3.63, 3.8) is 0 Å². The molecule has 1 nitrogen and oxygen atoms in total. The van der Waals surface area contributed by atoms with Gasteiger partial charge in [0, 0.05) is 5.92 Å². The van der Waals surface area contributed by atoms with Gasteiger partial charge in [-0.1, -0.05) is 43.5 Å². The van der Waals surface area contributed by atoms with Crippen LogP contribution in [0, 0.1) is 11.8 Å². The van der Waals surface area contributed by atoms with Crippen molar-refractivity contribution in [2.45, 2.75) is 34.8 Å². The van der Waals surface area contributed by atoms with Crippen LogP contribution in [0.1, 0.15) is 25.7 Å². The molecule has 1 unspecified atom stereocenters. The molecule has 3 aliphatic rings. The van der Waals surface area contributed by atoms with E-state index in [4.69, 9.17) is 0 Å². The molecule has 3 rings (SSSR count). The van der Waals surface area contributed by atoms with E-state index in [2.05, 4.69) is 37.9 Å². The third-order valence-electron chi connectivity index (χ3n) is 3.97. The summed E-state index contributed by atoms with van der Waals surface area (Å²) in [6.45, 7) is 0. The molecule has 2 fully saturated rings. The highest BCUT2D eigenvalue weighted by Gasteiger charge is 2.58. The number of carbonyl (C=O) groups excluding carboxylic acids is 1. The summed E-state index contributed by atoms with van der Waals surface area (Å²) in [4.78, 5) is 12.3. The van der Waals surface area contributed by atoms with Gasteiger partial charge in [-0.3, -0.25) is 4.79 Å². The van der Waals surface area contributed by atoms with Crippen LogP contribution in [0.25, 0.3) is 0 Å². The lowest BCUT2D eigenvalue weighted by Crippen LogP contribution is -2.42. The van der Waals surface area contributed by atoms with E-state index in [1.54, 1.807) is 0 Å². The van der Waals surface area contributed by atoms with Crippen LogP contribution in [0.2, 0.25) is 0 Å². The van der Waals surface area contributed by atoms with Crippen molar-refractivity contribution in [2.75, 3.05) is 0 Å². The first-order valence-corrected chi connectivity index (χ1v) is 6.91. The number of ketones is 1. The summed E-state index contributed by atoms with van der Waals surface area (Å²) in [5, 5.41) is 0. The van der Waals surface area contributed by atoms with Gasteiger partial charge in [0.15, 0.2) is 5.78 Å². The maximum absolute atomic E-state index is 12.2. The molecule has 4 atom stereocenters. The van der Waals surface area contributed by atoms with Gasteiger partial charge in [0.25, 0.3) is 0 Å². The quantitative estimate of drug-likeness (QED) is 0.495. The Morgan fingerprint density at radius 1 is 1.43 bits per heavy atom. The van der Waals surface area contributed by atoms with Gasteiger partial charge >= 0.3 is 0 Å². The van der Waals surface area contributed by atoms with Gasteiger partial charge in [0.05, 0.1) is 9.15 Å². The second-order valence-corrected chi connectivity index (χ2v) is 7.18. The van der Waals surface area contributed by atoms with Crippen molar-refractivity contribution >= 4 is 37.6 Å². The topological polar surface area (TPSA) is 17.1 Å². The van der Waals surface area contributed by atoms with Crippen LogP contribution in [0.5, 0.6) is 0 Å². The smallest absolute Gasteiger partial charge is 0.163 e. The maximum atomic E-state index is 12.2. The molecule has 0 N–H and O–H groups in total. The predicted octanol–water partition coefficient (Wildman–Crippen LogP) is 3.21. The van der Waals surface area contributed by atoms with E-state index < -0.39 is 0 Å². The maximum Gasteiger partial charge on any atom is 0.163 e. The predicted molar refractivity (Wildman–Crippen MR) is 62.9 cm³/mol. The van der Waals surface area contributed by atoms with Gasteiger partial charge in [-0.05, 0) is 31.6 Å². The first kappa shape index (κ1) is 9.59. The molecule has 3 aliphatic carbocycles. The summed E-state index contributed by atoms with van der Waals surface area (Å²) in [6, 6.07) is 0. The summed E-state index contributed by atoms with van der Waals surface area (Å²) in [7, 11) is 0. The molecule has 0 aliphatic heterocycles. The minimum atomic E-state index is -0.216. The minimum Gasteiger partial charge on any atom is -0.297 e. The van der Waals surface area contributed by atoms with Gasteiger partial charge < -0.3 is 0 Å². The fourth-order valence-electron chi connectivity index (χ4n) is 3.25. The van der Waals surface area contributed by atoms with E-state index in [-0.39, 0.29) is 9.15 Å². The van der Waals surface area contributed by atoms with Crippen molar-refractivity contribution in [1.29, 1.82) is 0 Å². The SMILES string of the molecule is O=C1C(Br)CCC2=C[C@H]3CC[C@]1(Br)[C@@H]23. The second kappa shape index (κ2) is 2.94.